The van der Waals surface area contributed by atoms with E-state index < -0.39 is 5.97 Å². The Hall–Kier alpha value is -1.97. The van der Waals surface area contributed by atoms with Crippen molar-refractivity contribution < 1.29 is 19.7 Å². The van der Waals surface area contributed by atoms with Crippen LogP contribution in [0.25, 0.3) is 6.08 Å². The van der Waals surface area contributed by atoms with E-state index in [1.165, 1.54) is 13.2 Å². The number of carboxylic acid groups (broad SMARTS) is 1. The highest BCUT2D eigenvalue weighted by Crippen LogP contribution is 2.28. The van der Waals surface area contributed by atoms with Gasteiger partial charge in [-0.25, -0.2) is 4.79 Å². The predicted octanol–water partition coefficient (Wildman–Crippen LogP) is 4.48. The SMILES string of the molecule is CCCCC(CC)CC(=Cc1ccc(O)c(OC)c1)C(=O)O. The number of phenols is 1. The summed E-state index contributed by atoms with van der Waals surface area (Å²) in [4.78, 5) is 11.5. The van der Waals surface area contributed by atoms with Crippen LogP contribution in [-0.2, 0) is 4.79 Å². The van der Waals surface area contributed by atoms with Crippen molar-refractivity contribution in [3.8, 4) is 11.5 Å². The smallest absolute Gasteiger partial charge is 0.331 e. The molecule has 22 heavy (non-hydrogen) atoms. The van der Waals surface area contributed by atoms with Crippen molar-refractivity contribution in [1.29, 1.82) is 0 Å². The van der Waals surface area contributed by atoms with Gasteiger partial charge in [0.25, 0.3) is 0 Å². The Morgan fingerprint density at radius 3 is 2.64 bits per heavy atom. The average molecular weight is 306 g/mol. The Bertz CT molecular complexity index is 520. The summed E-state index contributed by atoms with van der Waals surface area (Å²) in [5.41, 5.74) is 1.12. The molecule has 0 amide bonds. The first kappa shape index (κ1) is 18.1. The Labute approximate surface area is 132 Å². The van der Waals surface area contributed by atoms with Gasteiger partial charge >= 0.3 is 5.97 Å². The lowest BCUT2D eigenvalue weighted by Gasteiger charge is -2.15. The maximum absolute atomic E-state index is 11.5. The molecule has 0 heterocycles. The molecular weight excluding hydrogens is 280 g/mol. The zero-order valence-corrected chi connectivity index (χ0v) is 13.6. The summed E-state index contributed by atoms with van der Waals surface area (Å²) in [5, 5.41) is 19.0. The predicted molar refractivity (Wildman–Crippen MR) is 88.2 cm³/mol. The summed E-state index contributed by atoms with van der Waals surface area (Å²) >= 11 is 0. The number of carboxylic acids is 1. The second-order valence-corrected chi connectivity index (χ2v) is 5.53. The normalized spacial score (nSPS) is 13.0. The molecule has 0 saturated carbocycles. The molecule has 1 rings (SSSR count). The van der Waals surface area contributed by atoms with Crippen LogP contribution in [0.5, 0.6) is 11.5 Å². The number of unbranched alkanes of at least 4 members (excludes halogenated alkanes) is 1. The van der Waals surface area contributed by atoms with E-state index in [0.717, 1.165) is 31.2 Å². The van der Waals surface area contributed by atoms with Gasteiger partial charge in [0.1, 0.15) is 0 Å². The van der Waals surface area contributed by atoms with Crippen LogP contribution in [0, 0.1) is 5.92 Å². The van der Waals surface area contributed by atoms with Crippen molar-refractivity contribution in [3.63, 3.8) is 0 Å². The van der Waals surface area contributed by atoms with Crippen molar-refractivity contribution in [2.75, 3.05) is 7.11 Å². The molecule has 4 nitrogen and oxygen atoms in total. The highest BCUT2D eigenvalue weighted by Gasteiger charge is 2.15. The third kappa shape index (κ3) is 5.43. The third-order valence-corrected chi connectivity index (χ3v) is 3.87. The molecule has 1 atom stereocenters. The molecule has 0 aromatic heterocycles. The molecule has 4 heteroatoms. The molecule has 0 bridgehead atoms. The van der Waals surface area contributed by atoms with E-state index in [1.54, 1.807) is 18.2 Å². The molecule has 0 spiro atoms. The number of ether oxygens (including phenoxy) is 1. The molecule has 0 saturated heterocycles. The number of phenolic OH excluding ortho intramolecular Hbond substituents is 1. The van der Waals surface area contributed by atoms with E-state index in [2.05, 4.69) is 13.8 Å². The quantitative estimate of drug-likeness (QED) is 0.660. The second-order valence-electron chi connectivity index (χ2n) is 5.53. The van der Waals surface area contributed by atoms with Gasteiger partial charge in [-0.05, 0) is 36.1 Å². The highest BCUT2D eigenvalue weighted by molar-refractivity contribution is 5.92. The number of carbonyl (C=O) groups is 1. The Morgan fingerprint density at radius 1 is 1.36 bits per heavy atom. The molecule has 122 valence electrons. The number of benzene rings is 1. The molecular formula is C18H26O4. The van der Waals surface area contributed by atoms with Crippen LogP contribution < -0.4 is 4.74 Å². The molecule has 2 N–H and O–H groups in total. The fourth-order valence-electron chi connectivity index (χ4n) is 2.45. The molecule has 0 radical (unpaired) electrons. The fourth-order valence-corrected chi connectivity index (χ4v) is 2.45. The largest absolute Gasteiger partial charge is 0.504 e. The van der Waals surface area contributed by atoms with Gasteiger partial charge in [-0.2, -0.15) is 0 Å². The van der Waals surface area contributed by atoms with Crippen LogP contribution in [0.1, 0.15) is 51.5 Å². The lowest BCUT2D eigenvalue weighted by Crippen LogP contribution is -2.08. The summed E-state index contributed by atoms with van der Waals surface area (Å²) in [6, 6.07) is 4.84. The van der Waals surface area contributed by atoms with E-state index in [-0.39, 0.29) is 5.75 Å². The lowest BCUT2D eigenvalue weighted by molar-refractivity contribution is -0.132. The van der Waals surface area contributed by atoms with Crippen molar-refractivity contribution in [1.82, 2.24) is 0 Å². The van der Waals surface area contributed by atoms with E-state index in [0.29, 0.717) is 23.7 Å². The summed E-state index contributed by atoms with van der Waals surface area (Å²) in [7, 11) is 1.47. The van der Waals surface area contributed by atoms with Gasteiger partial charge < -0.3 is 14.9 Å². The van der Waals surface area contributed by atoms with Crippen LogP contribution >= 0.6 is 0 Å². The maximum Gasteiger partial charge on any atom is 0.331 e. The first-order valence-corrected chi connectivity index (χ1v) is 7.82. The monoisotopic (exact) mass is 306 g/mol. The Morgan fingerprint density at radius 2 is 2.09 bits per heavy atom. The third-order valence-electron chi connectivity index (χ3n) is 3.87. The van der Waals surface area contributed by atoms with Crippen LogP contribution in [0.3, 0.4) is 0 Å². The highest BCUT2D eigenvalue weighted by atomic mass is 16.5. The first-order chi connectivity index (χ1) is 10.5. The van der Waals surface area contributed by atoms with Crippen molar-refractivity contribution in [2.24, 2.45) is 5.92 Å². The molecule has 0 fully saturated rings. The molecule has 1 aromatic carbocycles. The van der Waals surface area contributed by atoms with Gasteiger partial charge in [0.2, 0.25) is 0 Å². The number of hydrogen-bond acceptors (Lipinski definition) is 3. The van der Waals surface area contributed by atoms with Crippen LogP contribution in [0.2, 0.25) is 0 Å². The maximum atomic E-state index is 11.5. The van der Waals surface area contributed by atoms with Gasteiger partial charge in [-0.15, -0.1) is 0 Å². The lowest BCUT2D eigenvalue weighted by atomic mass is 9.91. The van der Waals surface area contributed by atoms with Gasteiger partial charge in [0, 0.05) is 5.57 Å². The standard InChI is InChI=1S/C18H26O4/c1-4-6-7-13(5-2)10-15(18(20)21)11-14-8-9-16(19)17(12-14)22-3/h8-9,11-13,19H,4-7,10H2,1-3H3,(H,20,21). The molecule has 0 aliphatic carbocycles. The number of hydrogen-bond donors (Lipinski definition) is 2. The fraction of sp³-hybridized carbons (Fsp3) is 0.500. The molecule has 0 aliphatic heterocycles. The van der Waals surface area contributed by atoms with Gasteiger partial charge in [0.05, 0.1) is 7.11 Å². The van der Waals surface area contributed by atoms with E-state index in [1.807, 2.05) is 0 Å². The van der Waals surface area contributed by atoms with Crippen LogP contribution in [-0.4, -0.2) is 23.3 Å². The van der Waals surface area contributed by atoms with E-state index >= 15 is 0 Å². The second kappa shape index (κ2) is 9.13. The molecule has 1 aromatic rings. The summed E-state index contributed by atoms with van der Waals surface area (Å²) in [5.74, 6) is -0.106. The number of methoxy groups -OCH3 is 1. The van der Waals surface area contributed by atoms with E-state index in [4.69, 9.17) is 4.74 Å². The van der Waals surface area contributed by atoms with Crippen LogP contribution in [0.15, 0.2) is 23.8 Å². The van der Waals surface area contributed by atoms with Gasteiger partial charge in [-0.3, -0.25) is 0 Å². The zero-order valence-electron chi connectivity index (χ0n) is 13.6. The van der Waals surface area contributed by atoms with Crippen LogP contribution in [0.4, 0.5) is 0 Å². The topological polar surface area (TPSA) is 66.8 Å². The van der Waals surface area contributed by atoms with E-state index in [9.17, 15) is 15.0 Å². The van der Waals surface area contributed by atoms with Crippen molar-refractivity contribution in [2.45, 2.75) is 46.0 Å². The Balaban J connectivity index is 2.96. The minimum absolute atomic E-state index is 0.0471. The van der Waals surface area contributed by atoms with Crippen molar-refractivity contribution >= 4 is 12.0 Å². The number of rotatable bonds is 9. The van der Waals surface area contributed by atoms with Gasteiger partial charge in [0.15, 0.2) is 11.5 Å². The summed E-state index contributed by atoms with van der Waals surface area (Å²) < 4.78 is 5.06. The first-order valence-electron chi connectivity index (χ1n) is 7.82. The Kier molecular flexibility index (Phi) is 7.50. The molecule has 0 aliphatic rings. The van der Waals surface area contributed by atoms with Crippen molar-refractivity contribution in [3.05, 3.63) is 29.3 Å². The number of aliphatic carboxylic acids is 1. The molecule has 1 unspecified atom stereocenters. The summed E-state index contributed by atoms with van der Waals surface area (Å²) in [6.45, 7) is 4.24. The number of aromatic hydroxyl groups is 1. The minimum atomic E-state index is -0.887. The minimum Gasteiger partial charge on any atom is -0.504 e. The average Bonchev–Trinajstić information content (AvgIpc) is 2.51. The van der Waals surface area contributed by atoms with Gasteiger partial charge in [-0.1, -0.05) is 45.6 Å². The summed E-state index contributed by atoms with van der Waals surface area (Å²) in [6.07, 6.45) is 6.50. The zero-order chi connectivity index (χ0) is 16.5.